The minimum atomic E-state index is -5.19. The van der Waals surface area contributed by atoms with E-state index in [1.54, 1.807) is 6.07 Å². The summed E-state index contributed by atoms with van der Waals surface area (Å²) in [6.45, 7) is 1.43. The van der Waals surface area contributed by atoms with Crippen LogP contribution < -0.4 is 31.2 Å². The topological polar surface area (TPSA) is 67.2 Å². The van der Waals surface area contributed by atoms with Gasteiger partial charge in [0.05, 0.1) is 6.07 Å². The normalized spacial score (nSPS) is 10.2. The number of hydrogen-bond donors (Lipinski definition) is 0. The van der Waals surface area contributed by atoms with E-state index in [1.165, 1.54) is 33.8 Å². The molecule has 0 fully saturated rings. The number of halogens is 4. The standard InChI is InChI=1S/C32H29NP2.C2HF3O2.C2H3N.ClH.Pd/c1-6-16-28(17-7-1)33(26-34(29-18-8-2-9-19-29)30-20-10-3-11-21-30)27-35(31-22-12-4-13-23-31)32-24-14-5-15-25-32;3-2(4,5)1(6)7;1-2-3;;/h1-25H,26-27H2;(H,6,7);1H3;1H;/q;;;;+2/p-2. The first-order valence-electron chi connectivity index (χ1n) is 14.0. The van der Waals surface area contributed by atoms with E-state index >= 15 is 0 Å². The Hall–Kier alpha value is -3.54. The molecule has 0 unspecified atom stereocenters. The van der Waals surface area contributed by atoms with E-state index in [4.69, 9.17) is 15.2 Å². The van der Waals surface area contributed by atoms with Gasteiger partial charge in [-0.1, -0.05) is 140 Å². The molecule has 5 aromatic rings. The van der Waals surface area contributed by atoms with E-state index in [0.29, 0.717) is 0 Å². The summed E-state index contributed by atoms with van der Waals surface area (Å²) < 4.78 is 31.5. The number of carboxylic acids is 1. The molecule has 0 N–H and O–H groups in total. The Morgan fingerprint density at radius 2 is 0.872 bits per heavy atom. The number of carbonyl (C=O) groups is 1. The molecule has 5 rings (SSSR count). The predicted molar refractivity (Wildman–Crippen MR) is 185 cm³/mol. The van der Waals surface area contributed by atoms with Gasteiger partial charge < -0.3 is 14.8 Å². The molecule has 0 spiro atoms. The zero-order chi connectivity index (χ0) is 34.5. The van der Waals surface area contributed by atoms with Crippen molar-refractivity contribution in [3.8, 4) is 6.07 Å². The summed E-state index contributed by atoms with van der Waals surface area (Å²) in [5.74, 6) is -3.01. The molecule has 246 valence electrons. The SMILES string of the molecule is CC#N.O=C([O-])C(F)(F)F.[Cl][Pd+].c1ccc(N(CP(c2ccccc2)c2ccccc2)CP(c2ccccc2)c2ccccc2)cc1. The van der Waals surface area contributed by atoms with Gasteiger partial charge in [0.2, 0.25) is 0 Å². The van der Waals surface area contributed by atoms with Crippen molar-refractivity contribution in [1.82, 2.24) is 0 Å². The van der Waals surface area contributed by atoms with E-state index < -0.39 is 28.0 Å². The van der Waals surface area contributed by atoms with Crippen molar-refractivity contribution in [1.29, 1.82) is 5.26 Å². The summed E-state index contributed by atoms with van der Waals surface area (Å²) in [6.07, 6.45) is -3.24. The van der Waals surface area contributed by atoms with Gasteiger partial charge in [-0.05, 0) is 49.2 Å². The summed E-state index contributed by atoms with van der Waals surface area (Å²) in [4.78, 5) is 11.4. The van der Waals surface area contributed by atoms with Crippen LogP contribution in [0.2, 0.25) is 0 Å². The Balaban J connectivity index is 0.000000555. The minimum Gasteiger partial charge on any atom is -0.362 e. The maximum Gasteiger partial charge on any atom is 0.0463 e. The van der Waals surface area contributed by atoms with Crippen molar-refractivity contribution in [2.75, 3.05) is 17.5 Å². The fourth-order valence-corrected chi connectivity index (χ4v) is 8.99. The molecule has 0 heterocycles. The largest absolute Gasteiger partial charge is 0.362 e. The number of hydrogen-bond acceptors (Lipinski definition) is 4. The van der Waals surface area contributed by atoms with Crippen LogP contribution in [0.4, 0.5) is 18.9 Å². The number of rotatable bonds is 9. The second kappa shape index (κ2) is 22.1. The molecule has 0 atom stereocenters. The molecule has 0 aromatic heterocycles. The molecule has 11 heteroatoms. The van der Waals surface area contributed by atoms with Crippen LogP contribution in [0.5, 0.6) is 0 Å². The van der Waals surface area contributed by atoms with Crippen LogP contribution in [0.25, 0.3) is 0 Å². The minimum absolute atomic E-state index is 0.546. The zero-order valence-corrected chi connectivity index (χ0v) is 29.4. The number of aliphatic carboxylic acids is 1. The summed E-state index contributed by atoms with van der Waals surface area (Å²) in [5, 5.41) is 21.8. The molecule has 4 nitrogen and oxygen atoms in total. The summed E-state index contributed by atoms with van der Waals surface area (Å²) in [6, 6.07) is 56.8. The van der Waals surface area contributed by atoms with Crippen LogP contribution in [0.3, 0.4) is 0 Å². The molecular weight excluding hydrogens is 753 g/mol. The molecule has 0 amide bonds. The van der Waals surface area contributed by atoms with E-state index in [9.17, 15) is 13.2 Å². The van der Waals surface area contributed by atoms with E-state index in [0.717, 1.165) is 12.6 Å². The van der Waals surface area contributed by atoms with Gasteiger partial charge in [0.25, 0.3) is 0 Å². The maximum absolute atomic E-state index is 10.5. The molecule has 47 heavy (non-hydrogen) atoms. The molecule has 0 aliphatic carbocycles. The van der Waals surface area contributed by atoms with Gasteiger partial charge in [0, 0.05) is 25.2 Å². The molecular formula is C36H32ClF3N2O2P2Pd. The number of anilines is 1. The van der Waals surface area contributed by atoms with Crippen molar-refractivity contribution >= 4 is 58.2 Å². The van der Waals surface area contributed by atoms with Crippen LogP contribution in [-0.2, 0) is 23.0 Å². The second-order valence-corrected chi connectivity index (χ2v) is 13.7. The summed E-state index contributed by atoms with van der Waals surface area (Å²) >= 11 is 2.22. The quantitative estimate of drug-likeness (QED) is 0.117. The Morgan fingerprint density at radius 3 is 1.09 bits per heavy atom. The monoisotopic (exact) mass is 784 g/mol. The van der Waals surface area contributed by atoms with Crippen molar-refractivity contribution in [3.63, 3.8) is 0 Å². The summed E-state index contributed by atoms with van der Waals surface area (Å²) in [7, 11) is 3.40. The van der Waals surface area contributed by atoms with Gasteiger partial charge in [-0.25, -0.2) is 0 Å². The molecule has 0 bridgehead atoms. The second-order valence-electron chi connectivity index (χ2n) is 9.37. The maximum atomic E-state index is 10.5. The first-order chi connectivity index (χ1) is 22.7. The fraction of sp³-hybridized carbons (Fsp3) is 0.111. The van der Waals surface area contributed by atoms with Crippen LogP contribution >= 0.6 is 25.4 Å². The van der Waals surface area contributed by atoms with Crippen LogP contribution in [0.15, 0.2) is 152 Å². The zero-order valence-electron chi connectivity index (χ0n) is 25.3. The van der Waals surface area contributed by atoms with Gasteiger partial charge in [-0.15, -0.1) is 0 Å². The van der Waals surface area contributed by atoms with E-state index in [-0.39, 0.29) is 0 Å². The third-order valence-electron chi connectivity index (χ3n) is 6.25. The number of carboxylic acid groups (broad SMARTS) is 1. The van der Waals surface area contributed by atoms with Crippen molar-refractivity contribution in [2.45, 2.75) is 13.1 Å². The Morgan fingerprint density at radius 1 is 0.660 bits per heavy atom. The van der Waals surface area contributed by atoms with Crippen molar-refractivity contribution in [3.05, 3.63) is 152 Å². The number of benzene rings is 5. The van der Waals surface area contributed by atoms with Crippen molar-refractivity contribution in [2.24, 2.45) is 0 Å². The number of para-hydroxylation sites is 1. The van der Waals surface area contributed by atoms with Gasteiger partial charge in [0.1, 0.15) is 5.97 Å². The summed E-state index contributed by atoms with van der Waals surface area (Å²) in [5.41, 5.74) is 1.28. The Kier molecular flexibility index (Phi) is 18.6. The average molecular weight is 785 g/mol. The van der Waals surface area contributed by atoms with Crippen molar-refractivity contribution < 1.29 is 41.3 Å². The van der Waals surface area contributed by atoms with Crippen LogP contribution in [0, 0.1) is 11.3 Å². The predicted octanol–water partition coefficient (Wildman–Crippen LogP) is 7.19. The van der Waals surface area contributed by atoms with Gasteiger partial charge in [-0.3, -0.25) is 0 Å². The number of alkyl halides is 3. The number of nitrogens with zero attached hydrogens (tertiary/aromatic N) is 2. The Bertz CT molecular complexity index is 1440. The molecule has 0 saturated carbocycles. The van der Waals surface area contributed by atoms with E-state index in [1.807, 2.05) is 0 Å². The Labute approximate surface area is 291 Å². The number of carbonyl (C=O) groups excluding carboxylic acids is 1. The van der Waals surface area contributed by atoms with Crippen LogP contribution in [-0.4, -0.2) is 24.7 Å². The van der Waals surface area contributed by atoms with Crippen LogP contribution in [0.1, 0.15) is 6.92 Å². The van der Waals surface area contributed by atoms with E-state index in [2.05, 4.69) is 184 Å². The third-order valence-corrected chi connectivity index (χ3v) is 11.2. The third kappa shape index (κ3) is 14.0. The number of nitriles is 1. The van der Waals surface area contributed by atoms with Gasteiger partial charge in [0.15, 0.2) is 0 Å². The molecule has 5 aromatic carbocycles. The van der Waals surface area contributed by atoms with Gasteiger partial charge in [-0.2, -0.15) is 18.4 Å². The molecule has 0 aliphatic heterocycles. The first-order valence-corrected chi connectivity index (χ1v) is 19.1. The average Bonchev–Trinajstić information content (AvgIpc) is 3.11. The van der Waals surface area contributed by atoms with Gasteiger partial charge >= 0.3 is 33.9 Å². The molecule has 0 aliphatic rings. The fourth-order valence-electron chi connectivity index (χ4n) is 4.24. The molecule has 0 radical (unpaired) electrons. The smallest absolute Gasteiger partial charge is 0.0463 e. The molecule has 0 saturated heterocycles. The first kappa shape index (κ1) is 39.6.